The first-order valence-electron chi connectivity index (χ1n) is 12.0. The highest BCUT2D eigenvalue weighted by atomic mass is 35.5. The molecule has 0 bridgehead atoms. The van der Waals surface area contributed by atoms with Crippen LogP contribution >= 0.6 is 11.6 Å². The first-order chi connectivity index (χ1) is 17.6. The first-order valence-corrected chi connectivity index (χ1v) is 13.9. The summed E-state index contributed by atoms with van der Waals surface area (Å²) in [5, 5.41) is 0.386. The largest absolute Gasteiger partial charge is 0.487 e. The van der Waals surface area contributed by atoms with Gasteiger partial charge in [-0.1, -0.05) is 24.3 Å². The van der Waals surface area contributed by atoms with Crippen molar-refractivity contribution in [2.75, 3.05) is 13.2 Å². The van der Waals surface area contributed by atoms with Gasteiger partial charge in [0.05, 0.1) is 18.1 Å². The zero-order valence-corrected chi connectivity index (χ0v) is 22.1. The lowest BCUT2D eigenvalue weighted by Gasteiger charge is -2.22. The molecule has 1 aromatic heterocycles. The lowest BCUT2D eigenvalue weighted by atomic mass is 9.97. The van der Waals surface area contributed by atoms with Gasteiger partial charge >= 0.3 is 6.09 Å². The van der Waals surface area contributed by atoms with Gasteiger partial charge in [-0.3, -0.25) is 0 Å². The summed E-state index contributed by atoms with van der Waals surface area (Å²) in [6.45, 7) is 5.35. The van der Waals surface area contributed by atoms with E-state index >= 15 is 0 Å². The quantitative estimate of drug-likeness (QED) is 0.483. The molecule has 2 aliphatic rings. The van der Waals surface area contributed by atoms with Crippen molar-refractivity contribution in [2.24, 2.45) is 0 Å². The summed E-state index contributed by atoms with van der Waals surface area (Å²) in [5.41, 5.74) is 2.56. The van der Waals surface area contributed by atoms with E-state index in [1.807, 2.05) is 44.2 Å². The average molecular weight is 546 g/mol. The molecule has 2 aromatic carbocycles. The summed E-state index contributed by atoms with van der Waals surface area (Å²) >= 11 is 6.09. The van der Waals surface area contributed by atoms with E-state index in [1.54, 1.807) is 17.0 Å². The van der Waals surface area contributed by atoms with E-state index < -0.39 is 21.7 Å². The number of nitrogens with one attached hydrogen (secondary N) is 1. The van der Waals surface area contributed by atoms with Crippen LogP contribution in [0.15, 0.2) is 53.7 Å². The molecule has 0 aliphatic carbocycles. The van der Waals surface area contributed by atoms with Crippen LogP contribution < -0.4 is 9.46 Å². The van der Waals surface area contributed by atoms with E-state index in [2.05, 4.69) is 9.71 Å². The van der Waals surface area contributed by atoms with Crippen molar-refractivity contribution < 1.29 is 27.4 Å². The molecule has 0 radical (unpaired) electrons. The molecule has 9 nitrogen and oxygen atoms in total. The number of benzene rings is 2. The van der Waals surface area contributed by atoms with Gasteiger partial charge in [-0.15, -0.1) is 0 Å². The van der Waals surface area contributed by atoms with Crippen LogP contribution in [0.4, 0.5) is 4.79 Å². The van der Waals surface area contributed by atoms with Gasteiger partial charge < -0.3 is 18.8 Å². The van der Waals surface area contributed by atoms with E-state index in [-0.39, 0.29) is 11.0 Å². The number of imidazole rings is 1. The van der Waals surface area contributed by atoms with Crippen LogP contribution in [0.5, 0.6) is 5.75 Å². The number of hydrogen-bond acceptors (Lipinski definition) is 7. The number of carbonyl (C=O) groups excluding carboxylic acids is 1. The molecule has 37 heavy (non-hydrogen) atoms. The number of carbonyl (C=O) groups is 1. The third kappa shape index (κ3) is 5.76. The predicted molar refractivity (Wildman–Crippen MR) is 137 cm³/mol. The molecule has 1 fully saturated rings. The standard InChI is InChI=1S/C26H28ClN3O6S/c1-26(2)15-19-13-21(18-5-3-17(4-6-18)16-30-10-9-28-24(30)27)23(14-22(19)36-26)37(32,33)29-25(31)35-20-7-11-34-12-8-20/h3-6,9-10,13-14,20H,7-8,11-12,15-16H2,1-2H3,(H,29,31). The van der Waals surface area contributed by atoms with Crippen LogP contribution in [0.2, 0.25) is 5.28 Å². The number of ether oxygens (including phenoxy) is 3. The number of nitrogens with zero attached hydrogens (tertiary/aromatic N) is 2. The molecule has 1 N–H and O–H groups in total. The van der Waals surface area contributed by atoms with Gasteiger partial charge in [-0.25, -0.2) is 22.9 Å². The Morgan fingerprint density at radius 1 is 1.22 bits per heavy atom. The summed E-state index contributed by atoms with van der Waals surface area (Å²) < 4.78 is 47.4. The normalized spacial score (nSPS) is 17.2. The number of amides is 1. The molecule has 5 rings (SSSR count). The highest BCUT2D eigenvalue weighted by Crippen LogP contribution is 2.41. The van der Waals surface area contributed by atoms with Gasteiger partial charge in [-0.2, -0.15) is 0 Å². The molecular formula is C26H28ClN3O6S. The molecule has 1 amide bonds. The fraction of sp³-hybridized carbons (Fsp3) is 0.385. The third-order valence-corrected chi connectivity index (χ3v) is 8.06. The minimum absolute atomic E-state index is 0.0571. The third-order valence-electron chi connectivity index (χ3n) is 6.40. The number of rotatable bonds is 6. The van der Waals surface area contributed by atoms with E-state index in [4.69, 9.17) is 25.8 Å². The van der Waals surface area contributed by atoms with E-state index in [0.717, 1.165) is 11.1 Å². The molecule has 3 aromatic rings. The van der Waals surface area contributed by atoms with Crippen molar-refractivity contribution in [2.45, 2.75) is 56.3 Å². The predicted octanol–water partition coefficient (Wildman–Crippen LogP) is 4.56. The first kappa shape index (κ1) is 25.6. The molecule has 0 atom stereocenters. The Kier molecular flexibility index (Phi) is 6.91. The summed E-state index contributed by atoms with van der Waals surface area (Å²) in [4.78, 5) is 16.5. The Hall–Kier alpha value is -3.08. The van der Waals surface area contributed by atoms with Gasteiger partial charge in [0.2, 0.25) is 5.28 Å². The zero-order valence-electron chi connectivity index (χ0n) is 20.6. The van der Waals surface area contributed by atoms with E-state index in [9.17, 15) is 13.2 Å². The Morgan fingerprint density at radius 2 is 1.95 bits per heavy atom. The summed E-state index contributed by atoms with van der Waals surface area (Å²) in [7, 11) is -4.27. The molecule has 0 saturated carbocycles. The van der Waals surface area contributed by atoms with Crippen LogP contribution in [0.3, 0.4) is 0 Å². The molecular weight excluding hydrogens is 518 g/mol. The maximum absolute atomic E-state index is 13.4. The van der Waals surface area contributed by atoms with Gasteiger partial charge in [0.25, 0.3) is 10.0 Å². The van der Waals surface area contributed by atoms with E-state index in [0.29, 0.717) is 61.2 Å². The SMILES string of the molecule is CC1(C)Cc2cc(-c3ccc(Cn4ccnc4Cl)cc3)c(S(=O)(=O)NC(=O)OC3CCOCC3)cc2O1. The topological polar surface area (TPSA) is 109 Å². The Bertz CT molecular complexity index is 1410. The lowest BCUT2D eigenvalue weighted by Crippen LogP contribution is -2.36. The van der Waals surface area contributed by atoms with Crippen molar-refractivity contribution in [3.8, 4) is 16.9 Å². The number of aromatic nitrogens is 2. The fourth-order valence-corrected chi connectivity index (χ4v) is 5.91. The summed E-state index contributed by atoms with van der Waals surface area (Å²) in [6.07, 6.45) is 3.70. The van der Waals surface area contributed by atoms with Crippen LogP contribution in [0.1, 0.15) is 37.8 Å². The Labute approximate surface area is 220 Å². The number of halogens is 1. The summed E-state index contributed by atoms with van der Waals surface area (Å²) in [5.74, 6) is 0.485. The van der Waals surface area contributed by atoms with Crippen molar-refractivity contribution in [1.82, 2.24) is 14.3 Å². The maximum atomic E-state index is 13.4. The molecule has 0 spiro atoms. The molecule has 196 valence electrons. The van der Waals surface area contributed by atoms with Crippen molar-refractivity contribution >= 4 is 27.7 Å². The number of fused-ring (bicyclic) bond motifs is 1. The monoisotopic (exact) mass is 545 g/mol. The fourth-order valence-electron chi connectivity index (χ4n) is 4.63. The van der Waals surface area contributed by atoms with Gasteiger partial charge in [0.15, 0.2) is 0 Å². The smallest absolute Gasteiger partial charge is 0.421 e. The second kappa shape index (κ2) is 10.00. The van der Waals surface area contributed by atoms with Crippen LogP contribution in [0, 0.1) is 0 Å². The lowest BCUT2D eigenvalue weighted by molar-refractivity contribution is 0.00333. The zero-order chi connectivity index (χ0) is 26.2. The van der Waals surface area contributed by atoms with Crippen molar-refractivity contribution in [3.63, 3.8) is 0 Å². The van der Waals surface area contributed by atoms with Crippen LogP contribution in [0.25, 0.3) is 11.1 Å². The van der Waals surface area contributed by atoms with Gasteiger partial charge in [0.1, 0.15) is 17.5 Å². The number of hydrogen-bond donors (Lipinski definition) is 1. The second-order valence-corrected chi connectivity index (χ2v) is 11.8. The Morgan fingerprint density at radius 3 is 2.62 bits per heavy atom. The van der Waals surface area contributed by atoms with Gasteiger partial charge in [-0.05, 0) is 48.2 Å². The minimum atomic E-state index is -4.27. The molecule has 1 saturated heterocycles. The van der Waals surface area contributed by atoms with Crippen molar-refractivity contribution in [1.29, 1.82) is 0 Å². The Balaban J connectivity index is 1.45. The number of sulfonamides is 1. The molecule has 2 aliphatic heterocycles. The van der Waals surface area contributed by atoms with Gasteiger partial charge in [0, 0.05) is 49.8 Å². The molecule has 11 heteroatoms. The van der Waals surface area contributed by atoms with E-state index in [1.165, 1.54) is 6.07 Å². The summed E-state index contributed by atoms with van der Waals surface area (Å²) in [6, 6.07) is 10.8. The highest BCUT2D eigenvalue weighted by Gasteiger charge is 2.34. The van der Waals surface area contributed by atoms with Crippen molar-refractivity contribution in [3.05, 3.63) is 65.2 Å². The highest BCUT2D eigenvalue weighted by molar-refractivity contribution is 7.90. The maximum Gasteiger partial charge on any atom is 0.421 e. The average Bonchev–Trinajstić information content (AvgIpc) is 3.38. The molecule has 0 unspecified atom stereocenters. The second-order valence-electron chi connectivity index (χ2n) is 9.84. The minimum Gasteiger partial charge on any atom is -0.487 e. The molecule has 3 heterocycles. The van der Waals surface area contributed by atoms with Crippen LogP contribution in [-0.4, -0.2) is 49.0 Å². The van der Waals surface area contributed by atoms with Crippen LogP contribution in [-0.2, 0) is 32.5 Å².